The number of amides is 2. The molecule has 5 nitrogen and oxygen atoms in total. The summed E-state index contributed by atoms with van der Waals surface area (Å²) in [5.41, 5.74) is 1.75. The molecule has 1 aliphatic heterocycles. The predicted molar refractivity (Wildman–Crippen MR) is 100 cm³/mol. The molecule has 1 N–H and O–H groups in total. The van der Waals surface area contributed by atoms with Crippen molar-refractivity contribution in [3.8, 4) is 0 Å². The molecule has 1 aromatic rings. The van der Waals surface area contributed by atoms with Crippen molar-refractivity contribution < 1.29 is 9.59 Å². The first-order valence-corrected chi connectivity index (χ1v) is 9.20. The van der Waals surface area contributed by atoms with Crippen LogP contribution in [-0.2, 0) is 9.59 Å². The van der Waals surface area contributed by atoms with Gasteiger partial charge in [0.2, 0.25) is 11.8 Å². The zero-order chi connectivity index (χ0) is 17.7. The average Bonchev–Trinajstić information content (AvgIpc) is 2.52. The van der Waals surface area contributed by atoms with Crippen molar-refractivity contribution in [1.82, 2.24) is 9.80 Å². The monoisotopic (exact) mass is 395 g/mol. The Hall–Kier alpha value is -1.40. The number of benzene rings is 1. The normalized spacial score (nSPS) is 18.2. The van der Waals surface area contributed by atoms with Gasteiger partial charge < -0.3 is 10.2 Å². The van der Waals surface area contributed by atoms with E-state index >= 15 is 0 Å². The summed E-state index contributed by atoms with van der Waals surface area (Å²) in [5, 5.41) is 2.87. The maximum atomic E-state index is 12.4. The van der Waals surface area contributed by atoms with E-state index in [-0.39, 0.29) is 18.4 Å². The molecule has 2 rings (SSSR count). The first-order valence-electron chi connectivity index (χ1n) is 8.41. The number of anilines is 1. The number of nitrogens with one attached hydrogen (secondary N) is 1. The van der Waals surface area contributed by atoms with Gasteiger partial charge in [-0.15, -0.1) is 0 Å². The number of likely N-dealkylation sites (N-methyl/N-ethyl adjacent to an activating group) is 1. The van der Waals surface area contributed by atoms with E-state index in [1.54, 1.807) is 7.05 Å². The standard InChI is InChI=1S/C18H26BrN3O2/c1-13-10-15(19)7-8-16(13)20-17(23)11-21(3)18(24)12-22-9-5-4-6-14(22)2/h7-8,10,14H,4-6,9,11-12H2,1-3H3,(H,20,23)/t14-/m1/s1. The van der Waals surface area contributed by atoms with Gasteiger partial charge >= 0.3 is 0 Å². The van der Waals surface area contributed by atoms with Gasteiger partial charge in [0.25, 0.3) is 0 Å². The summed E-state index contributed by atoms with van der Waals surface area (Å²) in [6.45, 7) is 5.52. The Bertz CT molecular complexity index is 606. The van der Waals surface area contributed by atoms with Crippen LogP contribution in [0.25, 0.3) is 0 Å². The van der Waals surface area contributed by atoms with Crippen LogP contribution in [0.4, 0.5) is 5.69 Å². The van der Waals surface area contributed by atoms with Crippen molar-refractivity contribution in [2.75, 3.05) is 32.0 Å². The lowest BCUT2D eigenvalue weighted by Crippen LogP contribution is -2.46. The van der Waals surface area contributed by atoms with Crippen LogP contribution in [0.2, 0.25) is 0 Å². The molecule has 0 unspecified atom stereocenters. The van der Waals surface area contributed by atoms with Crippen LogP contribution in [0.5, 0.6) is 0 Å². The van der Waals surface area contributed by atoms with E-state index in [2.05, 4.69) is 33.1 Å². The van der Waals surface area contributed by atoms with Crippen molar-refractivity contribution >= 4 is 33.4 Å². The molecule has 1 aromatic carbocycles. The van der Waals surface area contributed by atoms with E-state index in [4.69, 9.17) is 0 Å². The largest absolute Gasteiger partial charge is 0.335 e. The van der Waals surface area contributed by atoms with Crippen LogP contribution in [0, 0.1) is 6.92 Å². The van der Waals surface area contributed by atoms with Crippen molar-refractivity contribution in [3.63, 3.8) is 0 Å². The van der Waals surface area contributed by atoms with Crippen molar-refractivity contribution in [2.24, 2.45) is 0 Å². The molecule has 24 heavy (non-hydrogen) atoms. The zero-order valence-corrected chi connectivity index (χ0v) is 16.2. The summed E-state index contributed by atoms with van der Waals surface area (Å²) in [4.78, 5) is 28.3. The molecule has 1 aliphatic rings. The molecule has 132 valence electrons. The van der Waals surface area contributed by atoms with Crippen LogP contribution in [0.1, 0.15) is 31.7 Å². The SMILES string of the molecule is Cc1cc(Br)ccc1NC(=O)CN(C)C(=O)CN1CCCC[C@H]1C. The Balaban J connectivity index is 1.85. The van der Waals surface area contributed by atoms with Crippen LogP contribution in [0.3, 0.4) is 0 Å². The molecule has 0 radical (unpaired) electrons. The molecular weight excluding hydrogens is 370 g/mol. The second-order valence-electron chi connectivity index (χ2n) is 6.57. The van der Waals surface area contributed by atoms with Crippen molar-refractivity contribution in [1.29, 1.82) is 0 Å². The number of carbonyl (C=O) groups is 2. The first-order chi connectivity index (χ1) is 11.4. The predicted octanol–water partition coefficient (Wildman–Crippen LogP) is 3.03. The first kappa shape index (κ1) is 18.9. The third-order valence-electron chi connectivity index (χ3n) is 4.55. The number of carbonyl (C=O) groups excluding carboxylic acids is 2. The molecule has 0 aromatic heterocycles. The minimum absolute atomic E-state index is 0.00794. The molecule has 0 spiro atoms. The Morgan fingerprint density at radius 3 is 2.79 bits per heavy atom. The van der Waals surface area contributed by atoms with E-state index in [0.29, 0.717) is 12.6 Å². The van der Waals surface area contributed by atoms with Crippen LogP contribution in [-0.4, -0.2) is 54.3 Å². The van der Waals surface area contributed by atoms with Crippen LogP contribution < -0.4 is 5.32 Å². The molecule has 0 saturated carbocycles. The highest BCUT2D eigenvalue weighted by molar-refractivity contribution is 9.10. The number of piperidine rings is 1. The molecule has 1 atom stereocenters. The number of rotatable bonds is 5. The third-order valence-corrected chi connectivity index (χ3v) is 5.04. The van der Waals surface area contributed by atoms with Crippen LogP contribution >= 0.6 is 15.9 Å². The molecule has 2 amide bonds. The number of halogens is 1. The lowest BCUT2D eigenvalue weighted by Gasteiger charge is -2.33. The quantitative estimate of drug-likeness (QED) is 0.833. The third kappa shape index (κ3) is 5.31. The Morgan fingerprint density at radius 1 is 1.38 bits per heavy atom. The smallest absolute Gasteiger partial charge is 0.243 e. The van der Waals surface area contributed by atoms with E-state index < -0.39 is 0 Å². The number of likely N-dealkylation sites (tertiary alicyclic amines) is 1. The minimum atomic E-state index is -0.178. The summed E-state index contributed by atoms with van der Waals surface area (Å²) in [7, 11) is 1.69. The maximum Gasteiger partial charge on any atom is 0.243 e. The number of hydrogen-bond acceptors (Lipinski definition) is 3. The molecule has 1 fully saturated rings. The lowest BCUT2D eigenvalue weighted by atomic mass is 10.0. The van der Waals surface area contributed by atoms with Gasteiger partial charge in [0.1, 0.15) is 0 Å². The average molecular weight is 396 g/mol. The van der Waals surface area contributed by atoms with Gasteiger partial charge in [0, 0.05) is 23.2 Å². The molecular formula is C18H26BrN3O2. The van der Waals surface area contributed by atoms with Gasteiger partial charge in [-0.25, -0.2) is 0 Å². The van der Waals surface area contributed by atoms with Crippen LogP contribution in [0.15, 0.2) is 22.7 Å². The second-order valence-corrected chi connectivity index (χ2v) is 7.49. The van der Waals surface area contributed by atoms with E-state index in [1.165, 1.54) is 11.3 Å². The fourth-order valence-corrected chi connectivity index (χ4v) is 3.42. The Morgan fingerprint density at radius 2 is 2.12 bits per heavy atom. The number of aryl methyl sites for hydroxylation is 1. The fraction of sp³-hybridized carbons (Fsp3) is 0.556. The van der Waals surface area contributed by atoms with Gasteiger partial charge in [-0.2, -0.15) is 0 Å². The van der Waals surface area contributed by atoms with Gasteiger partial charge in [0.15, 0.2) is 0 Å². The number of nitrogens with zero attached hydrogens (tertiary/aromatic N) is 2. The molecule has 0 bridgehead atoms. The highest BCUT2D eigenvalue weighted by Gasteiger charge is 2.22. The van der Waals surface area contributed by atoms with E-state index in [1.807, 2.05) is 25.1 Å². The highest BCUT2D eigenvalue weighted by atomic mass is 79.9. The lowest BCUT2D eigenvalue weighted by molar-refractivity contribution is -0.135. The van der Waals surface area contributed by atoms with Crippen molar-refractivity contribution in [3.05, 3.63) is 28.2 Å². The number of hydrogen-bond donors (Lipinski definition) is 1. The minimum Gasteiger partial charge on any atom is -0.335 e. The Kier molecular flexibility index (Phi) is 6.80. The van der Waals surface area contributed by atoms with Gasteiger partial charge in [-0.1, -0.05) is 22.4 Å². The van der Waals surface area contributed by atoms with E-state index in [9.17, 15) is 9.59 Å². The summed E-state index contributed by atoms with van der Waals surface area (Å²) in [6, 6.07) is 6.13. The molecule has 1 heterocycles. The Labute approximate surface area is 152 Å². The van der Waals surface area contributed by atoms with Gasteiger partial charge in [0.05, 0.1) is 13.1 Å². The van der Waals surface area contributed by atoms with Crippen molar-refractivity contribution in [2.45, 2.75) is 39.2 Å². The molecule has 0 aliphatic carbocycles. The van der Waals surface area contributed by atoms with Gasteiger partial charge in [-0.05, 0) is 57.0 Å². The fourth-order valence-electron chi connectivity index (χ4n) is 2.95. The maximum absolute atomic E-state index is 12.4. The highest BCUT2D eigenvalue weighted by Crippen LogP contribution is 2.20. The second kappa shape index (κ2) is 8.62. The zero-order valence-electron chi connectivity index (χ0n) is 14.6. The summed E-state index contributed by atoms with van der Waals surface area (Å²) in [6.07, 6.45) is 3.52. The summed E-state index contributed by atoms with van der Waals surface area (Å²) >= 11 is 3.40. The molecule has 6 heteroatoms. The topological polar surface area (TPSA) is 52.7 Å². The molecule has 1 saturated heterocycles. The summed E-state index contributed by atoms with van der Waals surface area (Å²) in [5.74, 6) is -0.186. The summed E-state index contributed by atoms with van der Waals surface area (Å²) < 4.78 is 0.973. The van der Waals surface area contributed by atoms with E-state index in [0.717, 1.165) is 35.1 Å². The van der Waals surface area contributed by atoms with Gasteiger partial charge in [-0.3, -0.25) is 14.5 Å².